The Morgan fingerprint density at radius 2 is 2.21 bits per heavy atom. The third-order valence-electron chi connectivity index (χ3n) is 1.50. The molecule has 4 nitrogen and oxygen atoms in total. The lowest BCUT2D eigenvalue weighted by Gasteiger charge is -1.99. The van der Waals surface area contributed by atoms with Crippen LogP contribution in [-0.4, -0.2) is 17.5 Å². The highest BCUT2D eigenvalue weighted by atomic mass is 33.1. The van der Waals surface area contributed by atoms with Crippen LogP contribution in [0.4, 0.5) is 5.69 Å². The van der Waals surface area contributed by atoms with E-state index in [4.69, 9.17) is 0 Å². The Balaban J connectivity index is 3.11. The van der Waals surface area contributed by atoms with Gasteiger partial charge in [-0.1, -0.05) is 21.6 Å². The Labute approximate surface area is 88.6 Å². The van der Waals surface area contributed by atoms with Gasteiger partial charge in [-0.15, -0.1) is 0 Å². The smallest absolute Gasteiger partial charge is 0.279 e. The van der Waals surface area contributed by atoms with E-state index in [0.717, 1.165) is 4.90 Å². The lowest BCUT2D eigenvalue weighted by molar-refractivity contribution is -0.385. The predicted molar refractivity (Wildman–Crippen MR) is 57.9 cm³/mol. The summed E-state index contributed by atoms with van der Waals surface area (Å²) in [6.07, 6.45) is 2.40. The number of hydrogen-bond donors (Lipinski definition) is 0. The maximum absolute atomic E-state index is 10.6. The van der Waals surface area contributed by atoms with Gasteiger partial charge >= 0.3 is 0 Å². The molecule has 0 fully saturated rings. The molecule has 0 N–H and O–H groups in total. The molecule has 0 unspecified atom stereocenters. The summed E-state index contributed by atoms with van der Waals surface area (Å²) in [7, 11) is 2.98. The molecule has 0 aliphatic rings. The Hall–Kier alpha value is -1.01. The summed E-state index contributed by atoms with van der Waals surface area (Å²) in [4.78, 5) is 21.3. The molecule has 0 saturated carbocycles. The molecule has 6 heteroatoms. The van der Waals surface area contributed by atoms with Crippen molar-refractivity contribution in [2.24, 2.45) is 0 Å². The third-order valence-corrected chi connectivity index (χ3v) is 3.19. The van der Waals surface area contributed by atoms with Crippen molar-refractivity contribution in [3.63, 3.8) is 0 Å². The average Bonchev–Trinajstić information content (AvgIpc) is 2.17. The van der Waals surface area contributed by atoms with Crippen molar-refractivity contribution >= 4 is 33.6 Å². The molecular formula is C8H7NO3S2. The molecule has 0 aliphatic heterocycles. The van der Waals surface area contributed by atoms with E-state index in [-0.39, 0.29) is 11.3 Å². The minimum atomic E-state index is -0.558. The molecule has 0 amide bonds. The highest BCUT2D eigenvalue weighted by Crippen LogP contribution is 2.31. The van der Waals surface area contributed by atoms with E-state index in [1.54, 1.807) is 6.07 Å². The van der Waals surface area contributed by atoms with E-state index in [9.17, 15) is 14.9 Å². The van der Waals surface area contributed by atoms with Crippen molar-refractivity contribution in [1.82, 2.24) is 0 Å². The molecule has 1 aromatic rings. The maximum atomic E-state index is 10.6. The summed E-state index contributed by atoms with van der Waals surface area (Å²) in [6, 6.07) is 4.50. The molecule has 0 aliphatic carbocycles. The lowest BCUT2D eigenvalue weighted by atomic mass is 10.2. The quantitative estimate of drug-likeness (QED) is 0.344. The SMILES string of the molecule is CSSc1ccc([N+](=O)[O-])c(C=O)c1. The van der Waals surface area contributed by atoms with Crippen LogP contribution in [0.2, 0.25) is 0 Å². The number of carbonyl (C=O) groups excluding carboxylic acids is 1. The van der Waals surface area contributed by atoms with Crippen LogP contribution in [0.1, 0.15) is 10.4 Å². The van der Waals surface area contributed by atoms with E-state index in [2.05, 4.69) is 0 Å². The fourth-order valence-corrected chi connectivity index (χ4v) is 2.32. The van der Waals surface area contributed by atoms with Gasteiger partial charge in [-0.05, 0) is 18.4 Å². The van der Waals surface area contributed by atoms with Gasteiger partial charge in [-0.2, -0.15) is 0 Å². The molecule has 0 heterocycles. The number of carbonyl (C=O) groups is 1. The fraction of sp³-hybridized carbons (Fsp3) is 0.125. The van der Waals surface area contributed by atoms with Crippen molar-refractivity contribution < 1.29 is 9.72 Å². The monoisotopic (exact) mass is 229 g/mol. The number of nitro benzene ring substituents is 1. The van der Waals surface area contributed by atoms with Gasteiger partial charge in [0.15, 0.2) is 6.29 Å². The molecule has 0 atom stereocenters. The zero-order valence-electron chi connectivity index (χ0n) is 7.30. The number of aldehydes is 1. The molecule has 0 radical (unpaired) electrons. The van der Waals surface area contributed by atoms with Crippen molar-refractivity contribution in [3.05, 3.63) is 33.9 Å². The number of nitrogens with zero attached hydrogens (tertiary/aromatic N) is 1. The van der Waals surface area contributed by atoms with Crippen LogP contribution in [0.15, 0.2) is 23.1 Å². The Morgan fingerprint density at radius 3 is 2.71 bits per heavy atom. The van der Waals surface area contributed by atoms with Gasteiger partial charge in [0.25, 0.3) is 5.69 Å². The molecule has 1 aromatic carbocycles. The van der Waals surface area contributed by atoms with E-state index in [0.29, 0.717) is 6.29 Å². The first-order valence-electron chi connectivity index (χ1n) is 3.63. The zero-order chi connectivity index (χ0) is 10.6. The topological polar surface area (TPSA) is 60.2 Å². The normalized spacial score (nSPS) is 9.79. The first-order valence-corrected chi connectivity index (χ1v) is 6.19. The van der Waals surface area contributed by atoms with Crippen LogP contribution in [0.25, 0.3) is 0 Å². The Bertz CT molecular complexity index is 368. The molecule has 74 valence electrons. The molecule has 0 bridgehead atoms. The molecule has 0 saturated heterocycles. The summed E-state index contributed by atoms with van der Waals surface area (Å²) in [5.41, 5.74) is -0.0282. The maximum Gasteiger partial charge on any atom is 0.279 e. The minimum Gasteiger partial charge on any atom is -0.298 e. The molecule has 1 rings (SSSR count). The van der Waals surface area contributed by atoms with Gasteiger partial charge in [-0.3, -0.25) is 14.9 Å². The van der Waals surface area contributed by atoms with Crippen molar-refractivity contribution in [2.45, 2.75) is 4.90 Å². The van der Waals surface area contributed by atoms with Crippen LogP contribution in [0.5, 0.6) is 0 Å². The van der Waals surface area contributed by atoms with Crippen molar-refractivity contribution in [1.29, 1.82) is 0 Å². The first kappa shape index (κ1) is 11.1. The second kappa shape index (κ2) is 5.02. The van der Waals surface area contributed by atoms with E-state index in [1.165, 1.54) is 33.7 Å². The second-order valence-corrected chi connectivity index (χ2v) is 4.82. The van der Waals surface area contributed by atoms with E-state index >= 15 is 0 Å². The van der Waals surface area contributed by atoms with E-state index < -0.39 is 4.92 Å². The summed E-state index contributed by atoms with van der Waals surface area (Å²) < 4.78 is 0. The van der Waals surface area contributed by atoms with Crippen LogP contribution in [-0.2, 0) is 0 Å². The highest BCUT2D eigenvalue weighted by Gasteiger charge is 2.13. The number of nitro groups is 1. The number of rotatable bonds is 4. The van der Waals surface area contributed by atoms with Crippen LogP contribution in [0.3, 0.4) is 0 Å². The fourth-order valence-electron chi connectivity index (χ4n) is 0.941. The van der Waals surface area contributed by atoms with Crippen LogP contribution < -0.4 is 0 Å². The molecule has 0 spiro atoms. The molecule has 0 aromatic heterocycles. The Kier molecular flexibility index (Phi) is 3.97. The van der Waals surface area contributed by atoms with Crippen LogP contribution >= 0.6 is 21.6 Å². The lowest BCUT2D eigenvalue weighted by Crippen LogP contribution is -1.93. The first-order chi connectivity index (χ1) is 6.69. The van der Waals surface area contributed by atoms with Gasteiger partial charge < -0.3 is 0 Å². The van der Waals surface area contributed by atoms with Gasteiger partial charge in [0.1, 0.15) is 0 Å². The predicted octanol–water partition coefficient (Wildman–Crippen LogP) is 2.78. The van der Waals surface area contributed by atoms with Crippen molar-refractivity contribution in [2.75, 3.05) is 6.26 Å². The van der Waals surface area contributed by atoms with Crippen LogP contribution in [0, 0.1) is 10.1 Å². The summed E-state index contributed by atoms with van der Waals surface area (Å²) >= 11 is 0. The number of hydrogen-bond acceptors (Lipinski definition) is 5. The zero-order valence-corrected chi connectivity index (χ0v) is 8.93. The third kappa shape index (κ3) is 2.49. The van der Waals surface area contributed by atoms with Crippen molar-refractivity contribution in [3.8, 4) is 0 Å². The van der Waals surface area contributed by atoms with Gasteiger partial charge in [0.2, 0.25) is 0 Å². The minimum absolute atomic E-state index is 0.119. The van der Waals surface area contributed by atoms with E-state index in [1.807, 2.05) is 6.26 Å². The highest BCUT2D eigenvalue weighted by molar-refractivity contribution is 8.76. The average molecular weight is 229 g/mol. The summed E-state index contributed by atoms with van der Waals surface area (Å²) in [5, 5.41) is 10.5. The molecule has 14 heavy (non-hydrogen) atoms. The standard InChI is InChI=1S/C8H7NO3S2/c1-13-14-7-2-3-8(9(11)12)6(4-7)5-10/h2-5H,1H3. The van der Waals surface area contributed by atoms with Gasteiger partial charge in [0.05, 0.1) is 10.5 Å². The molecular weight excluding hydrogens is 222 g/mol. The summed E-state index contributed by atoms with van der Waals surface area (Å²) in [6.45, 7) is 0. The van der Waals surface area contributed by atoms with Gasteiger partial charge in [-0.25, -0.2) is 0 Å². The van der Waals surface area contributed by atoms with Gasteiger partial charge in [0, 0.05) is 11.0 Å². The number of benzene rings is 1. The largest absolute Gasteiger partial charge is 0.298 e. The second-order valence-electron chi connectivity index (χ2n) is 2.35. The Morgan fingerprint density at radius 1 is 1.50 bits per heavy atom. The summed E-state index contributed by atoms with van der Waals surface area (Å²) in [5.74, 6) is 0.